The minimum atomic E-state index is 0.505. The predicted octanol–water partition coefficient (Wildman–Crippen LogP) is 4.67. The van der Waals surface area contributed by atoms with Crippen LogP contribution >= 0.6 is 23.2 Å². The lowest BCUT2D eigenvalue weighted by atomic mass is 10.3. The molecule has 0 amide bonds. The minimum absolute atomic E-state index is 0.505. The molecule has 7 heteroatoms. The largest absolute Gasteiger partial charge is 0.339 e. The highest BCUT2D eigenvalue weighted by atomic mass is 35.5. The number of rotatable bonds is 5. The molecule has 0 aliphatic carbocycles. The Morgan fingerprint density at radius 1 is 1.17 bits per heavy atom. The first kappa shape index (κ1) is 15.8. The highest BCUT2D eigenvalue weighted by Gasteiger charge is 2.08. The van der Waals surface area contributed by atoms with Gasteiger partial charge >= 0.3 is 0 Å². The fraction of sp³-hybridized carbons (Fsp3) is 0.188. The van der Waals surface area contributed by atoms with Crippen LogP contribution in [0.2, 0.25) is 10.0 Å². The number of anilines is 2. The van der Waals surface area contributed by atoms with Crippen molar-refractivity contribution in [1.82, 2.24) is 20.0 Å². The van der Waals surface area contributed by atoms with Gasteiger partial charge in [0.1, 0.15) is 5.82 Å². The molecule has 0 spiro atoms. The first-order chi connectivity index (χ1) is 11.2. The summed E-state index contributed by atoms with van der Waals surface area (Å²) in [5.74, 6) is 0.576. The number of pyridine rings is 1. The Hall–Kier alpha value is -2.11. The van der Waals surface area contributed by atoms with Gasteiger partial charge in [-0.1, -0.05) is 41.8 Å². The van der Waals surface area contributed by atoms with Crippen LogP contribution in [0.15, 0.2) is 42.7 Å². The van der Waals surface area contributed by atoms with E-state index in [2.05, 4.69) is 27.5 Å². The van der Waals surface area contributed by atoms with Gasteiger partial charge in [-0.25, -0.2) is 9.67 Å². The van der Waals surface area contributed by atoms with Gasteiger partial charge in [0.25, 0.3) is 0 Å². The number of hydrogen-bond acceptors (Lipinski definition) is 4. The molecule has 1 aromatic carbocycles. The highest BCUT2D eigenvalue weighted by molar-refractivity contribution is 6.33. The molecule has 3 aromatic rings. The average molecular weight is 348 g/mol. The van der Waals surface area contributed by atoms with Crippen molar-refractivity contribution < 1.29 is 0 Å². The van der Waals surface area contributed by atoms with Gasteiger partial charge in [-0.2, -0.15) is 0 Å². The highest BCUT2D eigenvalue weighted by Crippen LogP contribution is 2.25. The Morgan fingerprint density at radius 2 is 1.96 bits per heavy atom. The SMILES string of the molecule is CCCc1cn(-c2cnc(Nc3ccc(Cl)cc3)c(Cl)c2)nn1. The Morgan fingerprint density at radius 3 is 2.65 bits per heavy atom. The quantitative estimate of drug-likeness (QED) is 0.728. The molecule has 2 heterocycles. The lowest BCUT2D eigenvalue weighted by Gasteiger charge is -2.09. The van der Waals surface area contributed by atoms with E-state index >= 15 is 0 Å². The van der Waals surface area contributed by atoms with E-state index in [1.807, 2.05) is 18.3 Å². The fourth-order valence-electron chi connectivity index (χ4n) is 2.11. The summed E-state index contributed by atoms with van der Waals surface area (Å²) in [5, 5.41) is 12.6. The predicted molar refractivity (Wildman–Crippen MR) is 92.9 cm³/mol. The summed E-state index contributed by atoms with van der Waals surface area (Å²) in [6, 6.07) is 9.14. The maximum atomic E-state index is 6.32. The van der Waals surface area contributed by atoms with Gasteiger partial charge < -0.3 is 5.32 Å². The second kappa shape index (κ2) is 6.98. The van der Waals surface area contributed by atoms with E-state index < -0.39 is 0 Å². The van der Waals surface area contributed by atoms with E-state index in [1.165, 1.54) is 0 Å². The molecule has 1 N–H and O–H groups in total. The zero-order valence-corrected chi connectivity index (χ0v) is 14.0. The molecule has 118 valence electrons. The van der Waals surface area contributed by atoms with Crippen LogP contribution in [0.3, 0.4) is 0 Å². The van der Waals surface area contributed by atoms with Crippen LogP contribution in [0.4, 0.5) is 11.5 Å². The zero-order valence-electron chi connectivity index (χ0n) is 12.5. The number of hydrogen-bond donors (Lipinski definition) is 1. The molecule has 0 atom stereocenters. The van der Waals surface area contributed by atoms with Crippen molar-refractivity contribution in [2.45, 2.75) is 19.8 Å². The third-order valence-electron chi connectivity index (χ3n) is 3.25. The Balaban J connectivity index is 1.80. The van der Waals surface area contributed by atoms with Crippen LogP contribution in [0.5, 0.6) is 0 Å². The molecule has 0 aliphatic rings. The standard InChI is InChI=1S/C16H15Cl2N5/c1-2-3-13-10-23(22-21-13)14-8-15(18)16(19-9-14)20-12-6-4-11(17)5-7-12/h4-10H,2-3H2,1H3,(H,19,20). The molecule has 0 radical (unpaired) electrons. The van der Waals surface area contributed by atoms with Gasteiger partial charge in [0.05, 0.1) is 28.8 Å². The van der Waals surface area contributed by atoms with E-state index in [1.54, 1.807) is 29.1 Å². The first-order valence-corrected chi connectivity index (χ1v) is 8.01. The Bertz CT molecular complexity index is 798. The maximum absolute atomic E-state index is 6.32. The van der Waals surface area contributed by atoms with E-state index in [0.29, 0.717) is 15.9 Å². The third kappa shape index (κ3) is 3.81. The number of nitrogens with zero attached hydrogens (tertiary/aromatic N) is 4. The number of aryl methyl sites for hydroxylation is 1. The van der Waals surface area contributed by atoms with Crippen molar-refractivity contribution in [3.8, 4) is 5.69 Å². The van der Waals surface area contributed by atoms with Gasteiger partial charge in [-0.3, -0.25) is 0 Å². The van der Waals surface area contributed by atoms with Crippen LogP contribution in [0, 0.1) is 0 Å². The van der Waals surface area contributed by atoms with Crippen molar-refractivity contribution in [2.24, 2.45) is 0 Å². The summed E-state index contributed by atoms with van der Waals surface area (Å²) in [4.78, 5) is 4.36. The molecular formula is C16H15Cl2N5. The van der Waals surface area contributed by atoms with E-state index in [9.17, 15) is 0 Å². The molecule has 23 heavy (non-hydrogen) atoms. The average Bonchev–Trinajstić information content (AvgIpc) is 3.00. The van der Waals surface area contributed by atoms with E-state index in [-0.39, 0.29) is 0 Å². The molecule has 2 aromatic heterocycles. The van der Waals surface area contributed by atoms with Gasteiger partial charge in [-0.15, -0.1) is 5.10 Å². The Kier molecular flexibility index (Phi) is 4.79. The van der Waals surface area contributed by atoms with Crippen molar-refractivity contribution >= 4 is 34.7 Å². The van der Waals surface area contributed by atoms with Crippen LogP contribution in [-0.4, -0.2) is 20.0 Å². The smallest absolute Gasteiger partial charge is 0.149 e. The topological polar surface area (TPSA) is 55.6 Å². The number of nitrogens with one attached hydrogen (secondary N) is 1. The first-order valence-electron chi connectivity index (χ1n) is 7.25. The van der Waals surface area contributed by atoms with E-state index in [0.717, 1.165) is 29.9 Å². The Labute approximate surface area is 144 Å². The van der Waals surface area contributed by atoms with Gasteiger partial charge in [0.2, 0.25) is 0 Å². The molecule has 0 bridgehead atoms. The van der Waals surface area contributed by atoms with E-state index in [4.69, 9.17) is 23.2 Å². The summed E-state index contributed by atoms with van der Waals surface area (Å²) in [6.45, 7) is 2.11. The number of halogens is 2. The van der Waals surface area contributed by atoms with Crippen molar-refractivity contribution in [2.75, 3.05) is 5.32 Å². The second-order valence-corrected chi connectivity index (χ2v) is 5.90. The number of aromatic nitrogens is 4. The van der Waals surface area contributed by atoms with Gasteiger partial charge in [0, 0.05) is 10.7 Å². The lowest BCUT2D eigenvalue weighted by Crippen LogP contribution is -1.99. The van der Waals surface area contributed by atoms with Crippen molar-refractivity contribution in [1.29, 1.82) is 0 Å². The molecular weight excluding hydrogens is 333 g/mol. The van der Waals surface area contributed by atoms with Gasteiger partial charge in [-0.05, 0) is 36.8 Å². The van der Waals surface area contributed by atoms with Gasteiger partial charge in [0.15, 0.2) is 0 Å². The lowest BCUT2D eigenvalue weighted by molar-refractivity contribution is 0.789. The van der Waals surface area contributed by atoms with Crippen LogP contribution in [0.25, 0.3) is 5.69 Å². The molecule has 0 saturated heterocycles. The minimum Gasteiger partial charge on any atom is -0.339 e. The summed E-state index contributed by atoms with van der Waals surface area (Å²) in [7, 11) is 0. The summed E-state index contributed by atoms with van der Waals surface area (Å²) >= 11 is 12.2. The zero-order chi connectivity index (χ0) is 16.2. The second-order valence-electron chi connectivity index (χ2n) is 5.06. The monoisotopic (exact) mass is 347 g/mol. The molecule has 0 aliphatic heterocycles. The van der Waals surface area contributed by atoms with Crippen LogP contribution in [0.1, 0.15) is 19.0 Å². The van der Waals surface area contributed by atoms with Crippen LogP contribution < -0.4 is 5.32 Å². The number of benzene rings is 1. The summed E-state index contributed by atoms with van der Waals surface area (Å²) in [5.41, 5.74) is 2.58. The normalized spacial score (nSPS) is 10.7. The summed E-state index contributed by atoms with van der Waals surface area (Å²) < 4.78 is 1.68. The third-order valence-corrected chi connectivity index (χ3v) is 3.79. The fourth-order valence-corrected chi connectivity index (χ4v) is 2.44. The van der Waals surface area contributed by atoms with Crippen LogP contribution in [-0.2, 0) is 6.42 Å². The molecule has 5 nitrogen and oxygen atoms in total. The van der Waals surface area contributed by atoms with Crippen molar-refractivity contribution in [3.05, 3.63) is 58.5 Å². The molecule has 0 saturated carbocycles. The van der Waals surface area contributed by atoms with Crippen molar-refractivity contribution in [3.63, 3.8) is 0 Å². The summed E-state index contributed by atoms with van der Waals surface area (Å²) in [6.07, 6.45) is 5.52. The molecule has 3 rings (SSSR count). The molecule has 0 fully saturated rings. The maximum Gasteiger partial charge on any atom is 0.149 e. The molecule has 0 unspecified atom stereocenters.